The lowest BCUT2D eigenvalue weighted by molar-refractivity contribution is -0.146. The molecular weight excluding hydrogens is 278 g/mol. The van der Waals surface area contributed by atoms with E-state index in [1.165, 1.54) is 0 Å². The smallest absolute Gasteiger partial charge is 0.310 e. The summed E-state index contributed by atoms with van der Waals surface area (Å²) in [4.78, 5) is 22.6. The van der Waals surface area contributed by atoms with Crippen LogP contribution in [0.1, 0.15) is 31.4 Å². The summed E-state index contributed by atoms with van der Waals surface area (Å²) >= 11 is 6.02. The molecule has 0 spiro atoms. The van der Waals surface area contributed by atoms with E-state index in [4.69, 9.17) is 16.7 Å². The number of rotatable bonds is 6. The van der Waals surface area contributed by atoms with Gasteiger partial charge in [0.25, 0.3) is 0 Å². The maximum Gasteiger partial charge on any atom is 0.310 e. The van der Waals surface area contributed by atoms with Crippen molar-refractivity contribution in [2.75, 3.05) is 6.54 Å². The summed E-state index contributed by atoms with van der Waals surface area (Å²) in [5, 5.41) is 12.3. The molecule has 0 bridgehead atoms. The molecule has 0 fully saturated rings. The third-order valence-corrected chi connectivity index (χ3v) is 3.59. The minimum Gasteiger partial charge on any atom is -0.481 e. The Labute approximate surface area is 124 Å². The molecule has 0 atom stereocenters. The quantitative estimate of drug-likeness (QED) is 0.848. The predicted octanol–water partition coefficient (Wildman–Crippen LogP) is 2.81. The Hall–Kier alpha value is -1.55. The molecule has 2 N–H and O–H groups in total. The van der Waals surface area contributed by atoms with E-state index in [2.05, 4.69) is 5.32 Å². The molecule has 0 aliphatic heterocycles. The van der Waals surface area contributed by atoms with Gasteiger partial charge < -0.3 is 10.4 Å². The zero-order chi connectivity index (χ0) is 15.3. The molecule has 0 aromatic heterocycles. The summed E-state index contributed by atoms with van der Waals surface area (Å²) in [6.45, 7) is 5.20. The highest BCUT2D eigenvalue weighted by atomic mass is 35.5. The molecule has 1 aromatic rings. The van der Waals surface area contributed by atoms with Crippen molar-refractivity contribution in [3.8, 4) is 0 Å². The van der Waals surface area contributed by atoms with Crippen molar-refractivity contribution in [1.29, 1.82) is 0 Å². The molecule has 0 saturated carbocycles. The minimum atomic E-state index is -0.956. The van der Waals surface area contributed by atoms with Gasteiger partial charge >= 0.3 is 5.97 Å². The molecule has 4 nitrogen and oxygen atoms in total. The van der Waals surface area contributed by atoms with Crippen LogP contribution >= 0.6 is 11.6 Å². The third-order valence-electron chi connectivity index (χ3n) is 3.18. The van der Waals surface area contributed by atoms with Crippen LogP contribution in [0.5, 0.6) is 0 Å². The summed E-state index contributed by atoms with van der Waals surface area (Å²) in [6.07, 6.45) is 0.897. The lowest BCUT2D eigenvalue weighted by atomic mass is 9.94. The molecule has 20 heavy (non-hydrogen) atoms. The van der Waals surface area contributed by atoms with Crippen LogP contribution in [0.15, 0.2) is 18.2 Å². The number of aryl methyl sites for hydroxylation is 2. The monoisotopic (exact) mass is 297 g/mol. The zero-order valence-electron chi connectivity index (χ0n) is 12.0. The van der Waals surface area contributed by atoms with Gasteiger partial charge in [-0.2, -0.15) is 0 Å². The van der Waals surface area contributed by atoms with Crippen molar-refractivity contribution in [2.24, 2.45) is 5.41 Å². The summed E-state index contributed by atoms with van der Waals surface area (Å²) in [6, 6.07) is 5.71. The number of amides is 1. The molecular formula is C15H20ClNO3. The van der Waals surface area contributed by atoms with Crippen LogP contribution in [0.3, 0.4) is 0 Å². The Kier molecular flexibility index (Phi) is 5.57. The second-order valence-electron chi connectivity index (χ2n) is 5.55. The van der Waals surface area contributed by atoms with E-state index in [1.807, 2.05) is 25.1 Å². The van der Waals surface area contributed by atoms with Gasteiger partial charge in [-0.1, -0.05) is 23.7 Å². The highest BCUT2D eigenvalue weighted by Gasteiger charge is 2.27. The summed E-state index contributed by atoms with van der Waals surface area (Å²) in [7, 11) is 0. The first-order valence-corrected chi connectivity index (χ1v) is 6.85. The van der Waals surface area contributed by atoms with E-state index < -0.39 is 11.4 Å². The number of hydrogen-bond donors (Lipinski definition) is 2. The lowest BCUT2D eigenvalue weighted by Gasteiger charge is -2.19. The van der Waals surface area contributed by atoms with Crippen LogP contribution in [0.25, 0.3) is 0 Å². The number of carboxylic acid groups (broad SMARTS) is 1. The third kappa shape index (κ3) is 4.85. The summed E-state index contributed by atoms with van der Waals surface area (Å²) < 4.78 is 0. The first-order chi connectivity index (χ1) is 9.22. The molecule has 0 unspecified atom stereocenters. The molecule has 0 saturated heterocycles. The van der Waals surface area contributed by atoms with Gasteiger partial charge in [-0.3, -0.25) is 9.59 Å². The standard InChI is InChI=1S/C15H20ClNO3/c1-10-4-5-11(8-12(10)16)6-7-13(18)17-9-15(2,3)14(19)20/h4-5,8H,6-7,9H2,1-3H3,(H,17,18)(H,19,20). The van der Waals surface area contributed by atoms with E-state index in [1.54, 1.807) is 13.8 Å². The number of halogens is 1. The topological polar surface area (TPSA) is 66.4 Å². The van der Waals surface area contributed by atoms with Gasteiger partial charge in [-0.25, -0.2) is 0 Å². The van der Waals surface area contributed by atoms with E-state index in [0.717, 1.165) is 11.1 Å². The number of carboxylic acids is 1. The molecule has 5 heteroatoms. The van der Waals surface area contributed by atoms with Crippen molar-refractivity contribution < 1.29 is 14.7 Å². The van der Waals surface area contributed by atoms with E-state index in [0.29, 0.717) is 17.9 Å². The fourth-order valence-corrected chi connectivity index (χ4v) is 1.74. The number of aliphatic carboxylic acids is 1. The maximum absolute atomic E-state index is 11.7. The summed E-state index contributed by atoms with van der Waals surface area (Å²) in [5.41, 5.74) is 1.04. The molecule has 1 amide bonds. The van der Waals surface area contributed by atoms with Crippen molar-refractivity contribution in [3.63, 3.8) is 0 Å². The van der Waals surface area contributed by atoms with Crippen molar-refractivity contribution in [2.45, 2.75) is 33.6 Å². The number of hydrogen-bond acceptors (Lipinski definition) is 2. The Morgan fingerprint density at radius 3 is 2.55 bits per heavy atom. The first kappa shape index (κ1) is 16.5. The first-order valence-electron chi connectivity index (χ1n) is 6.47. The van der Waals surface area contributed by atoms with Crippen molar-refractivity contribution in [1.82, 2.24) is 5.32 Å². The van der Waals surface area contributed by atoms with Gasteiger partial charge in [0.05, 0.1) is 5.41 Å². The van der Waals surface area contributed by atoms with E-state index >= 15 is 0 Å². The van der Waals surface area contributed by atoms with Crippen molar-refractivity contribution >= 4 is 23.5 Å². The normalized spacial score (nSPS) is 11.2. The summed E-state index contributed by atoms with van der Waals surface area (Å²) in [5.74, 6) is -1.08. The van der Waals surface area contributed by atoms with Gasteiger partial charge in [-0.05, 0) is 44.4 Å². The average Bonchev–Trinajstić information content (AvgIpc) is 2.37. The molecule has 110 valence electrons. The van der Waals surface area contributed by atoms with Crippen LogP contribution in [0, 0.1) is 12.3 Å². The number of carbonyl (C=O) groups is 2. The van der Waals surface area contributed by atoms with Crippen LogP contribution in [0.4, 0.5) is 0 Å². The van der Waals surface area contributed by atoms with Crippen molar-refractivity contribution in [3.05, 3.63) is 34.3 Å². The van der Waals surface area contributed by atoms with Gasteiger partial charge in [-0.15, -0.1) is 0 Å². The predicted molar refractivity (Wildman–Crippen MR) is 78.9 cm³/mol. The Morgan fingerprint density at radius 1 is 1.35 bits per heavy atom. The number of nitrogens with one attached hydrogen (secondary N) is 1. The largest absolute Gasteiger partial charge is 0.481 e. The SMILES string of the molecule is Cc1ccc(CCC(=O)NCC(C)(C)C(=O)O)cc1Cl. The number of benzene rings is 1. The molecule has 1 rings (SSSR count). The fraction of sp³-hybridized carbons (Fsp3) is 0.467. The van der Waals surface area contributed by atoms with Gasteiger partial charge in [0.1, 0.15) is 0 Å². The van der Waals surface area contributed by atoms with Gasteiger partial charge in [0.15, 0.2) is 0 Å². The van der Waals surface area contributed by atoms with Gasteiger partial charge in [0, 0.05) is 18.0 Å². The Balaban J connectivity index is 2.44. The fourth-order valence-electron chi connectivity index (χ4n) is 1.53. The number of carbonyl (C=O) groups excluding carboxylic acids is 1. The zero-order valence-corrected chi connectivity index (χ0v) is 12.8. The second-order valence-corrected chi connectivity index (χ2v) is 5.96. The van der Waals surface area contributed by atoms with Gasteiger partial charge in [0.2, 0.25) is 5.91 Å². The highest BCUT2D eigenvalue weighted by Crippen LogP contribution is 2.18. The highest BCUT2D eigenvalue weighted by molar-refractivity contribution is 6.31. The molecule has 0 aliphatic carbocycles. The Morgan fingerprint density at radius 2 is 2.00 bits per heavy atom. The van der Waals surface area contributed by atoms with Crippen LogP contribution in [-0.4, -0.2) is 23.5 Å². The minimum absolute atomic E-state index is 0.121. The van der Waals surface area contributed by atoms with Crippen LogP contribution < -0.4 is 5.32 Å². The van der Waals surface area contributed by atoms with E-state index in [9.17, 15) is 9.59 Å². The lowest BCUT2D eigenvalue weighted by Crippen LogP contribution is -2.38. The molecule has 0 heterocycles. The average molecular weight is 298 g/mol. The molecule has 0 aliphatic rings. The Bertz CT molecular complexity index is 512. The van der Waals surface area contributed by atoms with Crippen LogP contribution in [-0.2, 0) is 16.0 Å². The second kappa shape index (κ2) is 6.75. The van der Waals surface area contributed by atoms with Crippen LogP contribution in [0.2, 0.25) is 5.02 Å². The maximum atomic E-state index is 11.7. The molecule has 1 aromatic carbocycles. The van der Waals surface area contributed by atoms with E-state index in [-0.39, 0.29) is 12.5 Å². The molecule has 0 radical (unpaired) electrons.